The Morgan fingerprint density at radius 1 is 1.30 bits per heavy atom. The zero-order valence-corrected chi connectivity index (χ0v) is 13.8. The molecule has 0 aromatic heterocycles. The van der Waals surface area contributed by atoms with Crippen molar-refractivity contribution in [2.24, 2.45) is 16.8 Å². The molecule has 1 aliphatic carbocycles. The van der Waals surface area contributed by atoms with E-state index in [2.05, 4.69) is 24.1 Å². The molecular formula is C16H29N3S. The van der Waals surface area contributed by atoms with Crippen molar-refractivity contribution in [3.63, 3.8) is 0 Å². The number of fused-ring (bicyclic) bond motifs is 1. The molecule has 2 aliphatic heterocycles. The topological polar surface area (TPSA) is 27.6 Å². The lowest BCUT2D eigenvalue weighted by Gasteiger charge is -2.37. The van der Waals surface area contributed by atoms with Gasteiger partial charge in [0.25, 0.3) is 0 Å². The first-order valence-electron chi connectivity index (χ1n) is 8.40. The zero-order valence-electron chi connectivity index (χ0n) is 13.0. The van der Waals surface area contributed by atoms with E-state index >= 15 is 0 Å². The molecule has 3 fully saturated rings. The first kappa shape index (κ1) is 14.7. The van der Waals surface area contributed by atoms with E-state index in [0.29, 0.717) is 6.04 Å². The second kappa shape index (κ2) is 6.69. The van der Waals surface area contributed by atoms with E-state index in [1.54, 1.807) is 0 Å². The molecule has 3 aliphatic rings. The number of aliphatic imine (C=N–C) groups is 1. The zero-order chi connectivity index (χ0) is 13.9. The van der Waals surface area contributed by atoms with Crippen molar-refractivity contribution in [1.29, 1.82) is 0 Å². The highest BCUT2D eigenvalue weighted by atomic mass is 32.2. The lowest BCUT2D eigenvalue weighted by Crippen LogP contribution is -2.46. The number of nitrogens with zero attached hydrogens (tertiary/aromatic N) is 2. The Morgan fingerprint density at radius 3 is 2.95 bits per heavy atom. The van der Waals surface area contributed by atoms with Gasteiger partial charge >= 0.3 is 0 Å². The molecule has 2 saturated heterocycles. The van der Waals surface area contributed by atoms with Crippen LogP contribution in [0.3, 0.4) is 0 Å². The van der Waals surface area contributed by atoms with Crippen LogP contribution in [0.25, 0.3) is 0 Å². The van der Waals surface area contributed by atoms with Crippen LogP contribution in [0.5, 0.6) is 0 Å². The lowest BCUT2D eigenvalue weighted by molar-refractivity contribution is 0.266. The molecule has 1 N–H and O–H groups in total. The number of hydrogen-bond donors (Lipinski definition) is 1. The molecule has 0 aromatic carbocycles. The number of hydrogen-bond acceptors (Lipinski definition) is 3. The maximum atomic E-state index is 4.89. The summed E-state index contributed by atoms with van der Waals surface area (Å²) in [5.74, 6) is 2.96. The van der Waals surface area contributed by atoms with Gasteiger partial charge in [0.1, 0.15) is 0 Å². The van der Waals surface area contributed by atoms with E-state index in [0.717, 1.165) is 24.4 Å². The molecule has 0 aromatic rings. The molecule has 3 atom stereocenters. The number of likely N-dealkylation sites (tertiary alicyclic amines) is 1. The number of amidine groups is 1. The van der Waals surface area contributed by atoms with Crippen molar-refractivity contribution in [3.8, 4) is 0 Å². The SMILES string of the molecule is CC(C)N1CCC(CN=C2NC3CCCCC3CS2)C1. The normalized spacial score (nSPS) is 37.1. The second-order valence-corrected chi connectivity index (χ2v) is 8.00. The molecule has 0 bridgehead atoms. The predicted octanol–water partition coefficient (Wildman–Crippen LogP) is 2.97. The van der Waals surface area contributed by atoms with Crippen molar-refractivity contribution in [3.05, 3.63) is 0 Å². The van der Waals surface area contributed by atoms with Gasteiger partial charge in [-0.1, -0.05) is 24.6 Å². The maximum absolute atomic E-state index is 4.89. The van der Waals surface area contributed by atoms with Gasteiger partial charge in [0.15, 0.2) is 5.17 Å². The van der Waals surface area contributed by atoms with Gasteiger partial charge in [-0.3, -0.25) is 4.99 Å². The van der Waals surface area contributed by atoms with E-state index in [1.165, 1.54) is 56.1 Å². The van der Waals surface area contributed by atoms with Crippen LogP contribution < -0.4 is 5.32 Å². The van der Waals surface area contributed by atoms with Crippen molar-refractivity contribution >= 4 is 16.9 Å². The molecule has 0 amide bonds. The molecule has 2 heterocycles. The fraction of sp³-hybridized carbons (Fsp3) is 0.938. The van der Waals surface area contributed by atoms with E-state index in [-0.39, 0.29) is 0 Å². The van der Waals surface area contributed by atoms with Crippen LogP contribution in [-0.2, 0) is 0 Å². The minimum atomic E-state index is 0.692. The summed E-state index contributed by atoms with van der Waals surface area (Å²) in [4.78, 5) is 7.48. The van der Waals surface area contributed by atoms with E-state index < -0.39 is 0 Å². The Labute approximate surface area is 128 Å². The van der Waals surface area contributed by atoms with Crippen molar-refractivity contribution in [2.45, 2.75) is 58.0 Å². The van der Waals surface area contributed by atoms with Gasteiger partial charge in [-0.25, -0.2) is 0 Å². The van der Waals surface area contributed by atoms with Crippen LogP contribution in [0.1, 0.15) is 46.0 Å². The highest BCUT2D eigenvalue weighted by Gasteiger charge is 2.30. The fourth-order valence-electron chi connectivity index (χ4n) is 3.77. The van der Waals surface area contributed by atoms with E-state index in [1.807, 2.05) is 11.8 Å². The third-order valence-corrected chi connectivity index (χ3v) is 6.31. The average Bonchev–Trinajstić information content (AvgIpc) is 2.94. The monoisotopic (exact) mass is 295 g/mol. The smallest absolute Gasteiger partial charge is 0.156 e. The fourth-order valence-corrected chi connectivity index (χ4v) is 4.94. The second-order valence-electron chi connectivity index (χ2n) is 7.00. The number of rotatable bonds is 3. The van der Waals surface area contributed by atoms with Gasteiger partial charge in [0, 0.05) is 30.9 Å². The van der Waals surface area contributed by atoms with Crippen LogP contribution in [0.2, 0.25) is 0 Å². The summed E-state index contributed by atoms with van der Waals surface area (Å²) in [7, 11) is 0. The Balaban J connectivity index is 1.47. The quantitative estimate of drug-likeness (QED) is 0.867. The molecule has 3 nitrogen and oxygen atoms in total. The van der Waals surface area contributed by atoms with Gasteiger partial charge in [-0.15, -0.1) is 0 Å². The third kappa shape index (κ3) is 3.51. The van der Waals surface area contributed by atoms with Gasteiger partial charge < -0.3 is 10.2 Å². The Hall–Kier alpha value is -0.220. The Kier molecular flexibility index (Phi) is 4.92. The molecule has 114 valence electrons. The van der Waals surface area contributed by atoms with Crippen molar-refractivity contribution < 1.29 is 0 Å². The molecule has 1 saturated carbocycles. The van der Waals surface area contributed by atoms with Crippen molar-refractivity contribution in [1.82, 2.24) is 10.2 Å². The minimum absolute atomic E-state index is 0.692. The van der Waals surface area contributed by atoms with Crippen LogP contribution in [0.4, 0.5) is 0 Å². The van der Waals surface area contributed by atoms with Gasteiger partial charge in [-0.05, 0) is 51.5 Å². The van der Waals surface area contributed by atoms with Crippen LogP contribution in [-0.4, -0.2) is 47.5 Å². The Morgan fingerprint density at radius 2 is 2.15 bits per heavy atom. The molecule has 3 unspecified atom stereocenters. The Bertz CT molecular complexity index is 356. The minimum Gasteiger partial charge on any atom is -0.362 e. The highest BCUT2D eigenvalue weighted by molar-refractivity contribution is 8.13. The molecule has 0 spiro atoms. The summed E-state index contributed by atoms with van der Waals surface area (Å²) >= 11 is 1.96. The molecule has 3 rings (SSSR count). The summed E-state index contributed by atoms with van der Waals surface area (Å²) in [5, 5.41) is 4.95. The first-order chi connectivity index (χ1) is 9.72. The van der Waals surface area contributed by atoms with Crippen LogP contribution in [0.15, 0.2) is 4.99 Å². The highest BCUT2D eigenvalue weighted by Crippen LogP contribution is 2.31. The largest absolute Gasteiger partial charge is 0.362 e. The molecule has 4 heteroatoms. The summed E-state index contributed by atoms with van der Waals surface area (Å²) in [6.07, 6.45) is 6.94. The van der Waals surface area contributed by atoms with E-state index in [9.17, 15) is 0 Å². The third-order valence-electron chi connectivity index (χ3n) is 5.19. The average molecular weight is 295 g/mol. The summed E-state index contributed by atoms with van der Waals surface area (Å²) in [6, 6.07) is 1.41. The standard InChI is InChI=1S/C16H29N3S/c1-12(2)19-8-7-13(10-19)9-17-16-18-15-6-4-3-5-14(15)11-20-16/h12-15H,3-11H2,1-2H3,(H,17,18). The van der Waals surface area contributed by atoms with E-state index in [4.69, 9.17) is 4.99 Å². The molecule has 20 heavy (non-hydrogen) atoms. The summed E-state index contributed by atoms with van der Waals surface area (Å²) in [6.45, 7) is 8.13. The van der Waals surface area contributed by atoms with Crippen molar-refractivity contribution in [2.75, 3.05) is 25.4 Å². The van der Waals surface area contributed by atoms with Crippen LogP contribution in [0, 0.1) is 11.8 Å². The lowest BCUT2D eigenvalue weighted by atomic mass is 9.86. The number of thioether (sulfide) groups is 1. The van der Waals surface area contributed by atoms with Gasteiger partial charge in [0.05, 0.1) is 0 Å². The van der Waals surface area contributed by atoms with Gasteiger partial charge in [0.2, 0.25) is 0 Å². The summed E-state index contributed by atoms with van der Waals surface area (Å²) < 4.78 is 0. The summed E-state index contributed by atoms with van der Waals surface area (Å²) in [5.41, 5.74) is 0. The van der Waals surface area contributed by atoms with Gasteiger partial charge in [-0.2, -0.15) is 0 Å². The molecule has 0 radical (unpaired) electrons. The first-order valence-corrected chi connectivity index (χ1v) is 9.39. The molecular weight excluding hydrogens is 266 g/mol. The predicted molar refractivity (Wildman–Crippen MR) is 88.5 cm³/mol. The number of nitrogens with one attached hydrogen (secondary N) is 1. The maximum Gasteiger partial charge on any atom is 0.156 e. The van der Waals surface area contributed by atoms with Crippen LogP contribution >= 0.6 is 11.8 Å².